The second-order valence-electron chi connectivity index (χ2n) is 5.06. The number of hydrogen-bond donors (Lipinski definition) is 0. The molecule has 4 heteroatoms. The molecule has 1 aliphatic rings. The molecule has 0 bridgehead atoms. The average molecular weight is 384 g/mol. The molecule has 1 heterocycles. The fraction of sp³-hybridized carbons (Fsp3) is 1.00. The van der Waals surface area contributed by atoms with E-state index in [0.717, 1.165) is 12.8 Å². The van der Waals surface area contributed by atoms with Crippen molar-refractivity contribution in [2.24, 2.45) is 0 Å². The molecule has 0 unspecified atom stereocenters. The summed E-state index contributed by atoms with van der Waals surface area (Å²) >= 11 is 0. The van der Waals surface area contributed by atoms with Crippen molar-refractivity contribution < 1.29 is 44.8 Å². The van der Waals surface area contributed by atoms with E-state index in [2.05, 4.69) is 33.0 Å². The van der Waals surface area contributed by atoms with E-state index in [9.17, 15) is 0 Å². The van der Waals surface area contributed by atoms with E-state index >= 15 is 0 Å². The molecular formula is C10H20Ag2N2. The summed E-state index contributed by atoms with van der Waals surface area (Å²) in [6.45, 7) is 8.80. The summed E-state index contributed by atoms with van der Waals surface area (Å²) in [4.78, 5) is 0. The van der Waals surface area contributed by atoms with E-state index in [4.69, 9.17) is 5.32 Å². The first-order chi connectivity index (χ1) is 5.35. The van der Waals surface area contributed by atoms with Crippen LogP contribution in [0.2, 0.25) is 0 Å². The Bertz CT molecular complexity index is 154. The van der Waals surface area contributed by atoms with E-state index < -0.39 is 0 Å². The average Bonchev–Trinajstić information content (AvgIpc) is 1.80. The van der Waals surface area contributed by atoms with Crippen LogP contribution in [0.4, 0.5) is 0 Å². The Morgan fingerprint density at radius 3 is 1.64 bits per heavy atom. The van der Waals surface area contributed by atoms with Crippen LogP contribution in [0.3, 0.4) is 0 Å². The van der Waals surface area contributed by atoms with Gasteiger partial charge in [-0.25, -0.2) is 0 Å². The van der Waals surface area contributed by atoms with Crippen molar-refractivity contribution in [2.45, 2.75) is 57.7 Å². The molecule has 1 fully saturated rings. The van der Waals surface area contributed by atoms with Gasteiger partial charge in [-0.3, -0.25) is 0 Å². The molecule has 0 saturated carbocycles. The van der Waals surface area contributed by atoms with Crippen LogP contribution in [0, 0.1) is 0 Å². The van der Waals surface area contributed by atoms with Crippen molar-refractivity contribution in [3.05, 3.63) is 10.6 Å². The quantitative estimate of drug-likeness (QED) is 0.622. The van der Waals surface area contributed by atoms with E-state index in [0.29, 0.717) is 6.04 Å². The van der Waals surface area contributed by atoms with Crippen LogP contribution < -0.4 is 0 Å². The molecule has 1 saturated heterocycles. The van der Waals surface area contributed by atoms with E-state index in [1.165, 1.54) is 0 Å². The third-order valence-electron chi connectivity index (χ3n) is 2.44. The molecule has 0 atom stereocenters. The largest absolute Gasteiger partial charge is 1.00 e. The fourth-order valence-corrected chi connectivity index (χ4v) is 2.32. The van der Waals surface area contributed by atoms with Gasteiger partial charge in [0.05, 0.1) is 0 Å². The minimum Gasteiger partial charge on any atom is -0.662 e. The van der Waals surface area contributed by atoms with Gasteiger partial charge >= 0.3 is 44.8 Å². The molecule has 2 nitrogen and oxygen atoms in total. The first-order valence-electron chi connectivity index (χ1n) is 4.68. The van der Waals surface area contributed by atoms with Gasteiger partial charge in [0.15, 0.2) is 0 Å². The second-order valence-corrected chi connectivity index (χ2v) is 5.06. The van der Waals surface area contributed by atoms with Crippen LogP contribution in [0.15, 0.2) is 0 Å². The van der Waals surface area contributed by atoms with Crippen molar-refractivity contribution >= 4 is 0 Å². The minimum atomic E-state index is 0. The van der Waals surface area contributed by atoms with Crippen LogP contribution in [-0.2, 0) is 44.8 Å². The van der Waals surface area contributed by atoms with Gasteiger partial charge in [0.1, 0.15) is 0 Å². The minimum absolute atomic E-state index is 0. The Morgan fingerprint density at radius 2 is 1.36 bits per heavy atom. The number of rotatable bonds is 1. The second kappa shape index (κ2) is 6.21. The molecule has 0 radical (unpaired) electrons. The first-order valence-corrected chi connectivity index (χ1v) is 4.68. The summed E-state index contributed by atoms with van der Waals surface area (Å²) in [6, 6.07) is 0.507. The van der Waals surface area contributed by atoms with Crippen molar-refractivity contribution in [1.82, 2.24) is 0 Å². The molecule has 0 spiro atoms. The molecule has 0 aromatic heterocycles. The topological polar surface area (TPSA) is 28.2 Å². The third-order valence-corrected chi connectivity index (χ3v) is 2.44. The van der Waals surface area contributed by atoms with Gasteiger partial charge < -0.3 is 10.6 Å². The maximum atomic E-state index is 4.78. The number of hydrogen-bond acceptors (Lipinski definition) is 0. The smallest absolute Gasteiger partial charge is 0.662 e. The van der Waals surface area contributed by atoms with Crippen LogP contribution in [-0.4, -0.2) is 24.2 Å². The fourth-order valence-electron chi connectivity index (χ4n) is 2.32. The van der Waals surface area contributed by atoms with E-state index in [-0.39, 0.29) is 55.8 Å². The predicted molar refractivity (Wildman–Crippen MR) is 53.8 cm³/mol. The van der Waals surface area contributed by atoms with Gasteiger partial charge in [-0.05, 0) is 0 Å². The molecule has 14 heavy (non-hydrogen) atoms. The van der Waals surface area contributed by atoms with Crippen LogP contribution in [0.5, 0.6) is 0 Å². The van der Waals surface area contributed by atoms with Crippen molar-refractivity contribution in [3.63, 3.8) is 0 Å². The van der Waals surface area contributed by atoms with Crippen molar-refractivity contribution in [3.8, 4) is 0 Å². The molecule has 0 aliphatic carbocycles. The third kappa shape index (κ3) is 5.47. The van der Waals surface area contributed by atoms with Crippen LogP contribution in [0.25, 0.3) is 10.6 Å². The van der Waals surface area contributed by atoms with Gasteiger partial charge in [0.2, 0.25) is 0 Å². The summed E-state index contributed by atoms with van der Waals surface area (Å²) in [5.41, 5.74) is 0.234. The van der Waals surface area contributed by atoms with Gasteiger partial charge in [-0.2, -0.15) is 7.05 Å². The predicted octanol–water partition coefficient (Wildman–Crippen LogP) is 3.08. The Hall–Kier alpha value is 1.40. The van der Waals surface area contributed by atoms with Gasteiger partial charge in [-0.15, -0.1) is 17.1 Å². The summed E-state index contributed by atoms with van der Waals surface area (Å²) in [5.74, 6) is 0. The zero-order valence-corrected chi connectivity index (χ0v) is 12.5. The molecule has 0 aromatic carbocycles. The standard InChI is InChI=1S/C10H20N2.2Ag/c1-9(2)6-8(11-5)7-10(3,4)12-9;;/h8H,6-7H2,1-5H3;;/q-2;2*+1. The summed E-state index contributed by atoms with van der Waals surface area (Å²) in [6.07, 6.45) is 2.21. The van der Waals surface area contributed by atoms with Crippen molar-refractivity contribution in [1.29, 1.82) is 0 Å². The maximum Gasteiger partial charge on any atom is 1.00 e. The first kappa shape index (κ1) is 17.8. The Morgan fingerprint density at radius 1 is 1.00 bits per heavy atom. The Kier molecular flexibility index (Phi) is 7.89. The Labute approximate surface area is 119 Å². The molecule has 0 amide bonds. The van der Waals surface area contributed by atoms with Gasteiger partial charge in [0, 0.05) is 0 Å². The SMILES string of the molecule is C[N-]C1CC(C)(C)[N-]C(C)(C)C1.[Ag+].[Ag+]. The van der Waals surface area contributed by atoms with Crippen LogP contribution >= 0.6 is 0 Å². The van der Waals surface area contributed by atoms with E-state index in [1.54, 1.807) is 0 Å². The maximum absolute atomic E-state index is 4.78. The van der Waals surface area contributed by atoms with Gasteiger partial charge in [0.25, 0.3) is 0 Å². The molecule has 1 rings (SSSR count). The zero-order valence-electron chi connectivity index (χ0n) is 9.49. The molecule has 1 aliphatic heterocycles. The van der Waals surface area contributed by atoms with Gasteiger partial charge in [-0.1, -0.05) is 40.5 Å². The number of piperidine rings is 1. The summed E-state index contributed by atoms with van der Waals surface area (Å²) in [7, 11) is 1.92. The summed E-state index contributed by atoms with van der Waals surface area (Å²) < 4.78 is 0. The van der Waals surface area contributed by atoms with Crippen molar-refractivity contribution in [2.75, 3.05) is 7.05 Å². The monoisotopic (exact) mass is 382 g/mol. The summed E-state index contributed by atoms with van der Waals surface area (Å²) in [5, 5.41) is 9.16. The van der Waals surface area contributed by atoms with E-state index in [1.807, 2.05) is 7.05 Å². The molecule has 0 aromatic rings. The Balaban J connectivity index is 0. The normalized spacial score (nSPS) is 24.6. The number of nitrogens with zero attached hydrogens (tertiary/aromatic N) is 2. The molecular weight excluding hydrogens is 364 g/mol. The van der Waals surface area contributed by atoms with Crippen LogP contribution in [0.1, 0.15) is 40.5 Å². The molecule has 92 valence electrons. The molecule has 0 N–H and O–H groups in total. The zero-order chi connectivity index (χ0) is 9.41.